The summed E-state index contributed by atoms with van der Waals surface area (Å²) in [6, 6.07) is 17.4. The van der Waals surface area contributed by atoms with Gasteiger partial charge in [0.1, 0.15) is 6.04 Å². The van der Waals surface area contributed by atoms with E-state index in [1.54, 1.807) is 0 Å². The molecule has 3 atom stereocenters. The Balaban J connectivity index is 1.64. The average Bonchev–Trinajstić information content (AvgIpc) is 3.16. The molecule has 2 amide bonds. The van der Waals surface area contributed by atoms with Crippen LogP contribution in [0.25, 0.3) is 0 Å². The van der Waals surface area contributed by atoms with E-state index in [1.165, 1.54) is 12.5 Å². The third-order valence-electron chi connectivity index (χ3n) is 5.61. The Morgan fingerprint density at radius 1 is 1.11 bits per heavy atom. The lowest BCUT2D eigenvalue weighted by Crippen LogP contribution is -2.52. The second kappa shape index (κ2) is 7.53. The first-order valence-corrected chi connectivity index (χ1v) is 9.55. The SMILES string of the molecule is CC(=O)N[C@@H](Cc1ccccc1)C(=O)N1CC2CNCC2c2ccccc21. The zero-order valence-corrected chi connectivity index (χ0v) is 15.5. The molecule has 2 aromatic carbocycles. The molecule has 27 heavy (non-hydrogen) atoms. The van der Waals surface area contributed by atoms with Crippen LogP contribution in [0.4, 0.5) is 5.69 Å². The van der Waals surface area contributed by atoms with E-state index in [0.29, 0.717) is 24.8 Å². The van der Waals surface area contributed by atoms with Gasteiger partial charge < -0.3 is 15.5 Å². The van der Waals surface area contributed by atoms with E-state index < -0.39 is 6.04 Å². The molecule has 1 saturated heterocycles. The second-order valence-electron chi connectivity index (χ2n) is 7.48. The molecule has 0 aliphatic carbocycles. The van der Waals surface area contributed by atoms with Crippen LogP contribution in [0.3, 0.4) is 0 Å². The molecule has 2 aliphatic heterocycles. The molecule has 2 heterocycles. The van der Waals surface area contributed by atoms with Crippen molar-refractivity contribution >= 4 is 17.5 Å². The predicted molar refractivity (Wildman–Crippen MR) is 106 cm³/mol. The summed E-state index contributed by atoms with van der Waals surface area (Å²) in [5.74, 6) is 0.652. The van der Waals surface area contributed by atoms with Crippen molar-refractivity contribution in [2.24, 2.45) is 5.92 Å². The van der Waals surface area contributed by atoms with Crippen molar-refractivity contribution in [3.05, 3.63) is 65.7 Å². The van der Waals surface area contributed by atoms with Gasteiger partial charge in [-0.2, -0.15) is 0 Å². The van der Waals surface area contributed by atoms with Crippen LogP contribution in [0.15, 0.2) is 54.6 Å². The van der Waals surface area contributed by atoms with Crippen molar-refractivity contribution in [3.8, 4) is 0 Å². The summed E-state index contributed by atoms with van der Waals surface area (Å²) < 4.78 is 0. The van der Waals surface area contributed by atoms with Gasteiger partial charge in [0.15, 0.2) is 0 Å². The Bertz CT molecular complexity index is 836. The number of nitrogens with one attached hydrogen (secondary N) is 2. The zero-order chi connectivity index (χ0) is 18.8. The number of hydrogen-bond donors (Lipinski definition) is 2. The van der Waals surface area contributed by atoms with Crippen LogP contribution in [0, 0.1) is 5.92 Å². The molecule has 0 bridgehead atoms. The first-order chi connectivity index (χ1) is 13.1. The lowest BCUT2D eigenvalue weighted by molar-refractivity contribution is -0.126. The van der Waals surface area contributed by atoms with Crippen LogP contribution in [0.1, 0.15) is 24.0 Å². The number of amides is 2. The molecule has 4 rings (SSSR count). The standard InChI is InChI=1S/C22H25N3O2/c1-15(26)24-20(11-16-7-3-2-4-8-16)22(27)25-14-17-12-23-13-19(17)18-9-5-6-10-21(18)25/h2-10,17,19-20,23H,11-14H2,1H3,(H,24,26)/t17?,19?,20-/m0/s1. The van der Waals surface area contributed by atoms with Crippen LogP contribution in [0.5, 0.6) is 0 Å². The molecule has 0 spiro atoms. The highest BCUT2D eigenvalue weighted by atomic mass is 16.2. The van der Waals surface area contributed by atoms with Crippen molar-refractivity contribution in [1.29, 1.82) is 0 Å². The Labute approximate surface area is 159 Å². The minimum atomic E-state index is -0.566. The number of hydrogen-bond acceptors (Lipinski definition) is 3. The van der Waals surface area contributed by atoms with Crippen molar-refractivity contribution in [3.63, 3.8) is 0 Å². The molecular weight excluding hydrogens is 338 g/mol. The molecule has 0 saturated carbocycles. The maximum atomic E-state index is 13.5. The van der Waals surface area contributed by atoms with Gasteiger partial charge in [-0.15, -0.1) is 0 Å². The third kappa shape index (κ3) is 3.60. The van der Waals surface area contributed by atoms with Crippen LogP contribution in [-0.2, 0) is 16.0 Å². The summed E-state index contributed by atoms with van der Waals surface area (Å²) in [5.41, 5.74) is 3.25. The fraction of sp³-hybridized carbons (Fsp3) is 0.364. The summed E-state index contributed by atoms with van der Waals surface area (Å²) >= 11 is 0. The normalized spacial score (nSPS) is 21.9. The molecule has 140 valence electrons. The van der Waals surface area contributed by atoms with Gasteiger partial charge >= 0.3 is 0 Å². The number of benzene rings is 2. The Kier molecular flexibility index (Phi) is 4.94. The molecule has 2 aliphatic rings. The summed E-state index contributed by atoms with van der Waals surface area (Å²) in [4.78, 5) is 27.1. The highest BCUT2D eigenvalue weighted by Gasteiger charge is 2.40. The lowest BCUT2D eigenvalue weighted by atomic mass is 9.83. The number of fused-ring (bicyclic) bond motifs is 3. The maximum Gasteiger partial charge on any atom is 0.249 e. The second-order valence-corrected chi connectivity index (χ2v) is 7.48. The summed E-state index contributed by atoms with van der Waals surface area (Å²) in [5, 5.41) is 6.33. The van der Waals surface area contributed by atoms with Crippen molar-refractivity contribution < 1.29 is 9.59 Å². The molecule has 5 heteroatoms. The number of carbonyl (C=O) groups excluding carboxylic acids is 2. The molecule has 0 aromatic heterocycles. The van der Waals surface area contributed by atoms with Gasteiger partial charge in [0.05, 0.1) is 0 Å². The zero-order valence-electron chi connectivity index (χ0n) is 15.5. The lowest BCUT2D eigenvalue weighted by Gasteiger charge is -2.38. The molecule has 1 fully saturated rings. The Hall–Kier alpha value is -2.66. The van der Waals surface area contributed by atoms with E-state index in [0.717, 1.165) is 24.3 Å². The molecule has 0 radical (unpaired) electrons. The average molecular weight is 363 g/mol. The van der Waals surface area contributed by atoms with Crippen molar-refractivity contribution in [2.45, 2.75) is 25.3 Å². The van der Waals surface area contributed by atoms with Gasteiger partial charge in [-0.05, 0) is 23.1 Å². The van der Waals surface area contributed by atoms with Gasteiger partial charge in [-0.3, -0.25) is 9.59 Å². The molecule has 2 unspecified atom stereocenters. The van der Waals surface area contributed by atoms with Gasteiger partial charge in [-0.1, -0.05) is 48.5 Å². The number of rotatable bonds is 4. The quantitative estimate of drug-likeness (QED) is 0.874. The minimum Gasteiger partial charge on any atom is -0.344 e. The fourth-order valence-electron chi connectivity index (χ4n) is 4.36. The monoisotopic (exact) mass is 363 g/mol. The third-order valence-corrected chi connectivity index (χ3v) is 5.61. The summed E-state index contributed by atoms with van der Waals surface area (Å²) in [7, 11) is 0. The largest absolute Gasteiger partial charge is 0.344 e. The molecule has 2 N–H and O–H groups in total. The summed E-state index contributed by atoms with van der Waals surface area (Å²) in [6.07, 6.45) is 0.490. The summed E-state index contributed by atoms with van der Waals surface area (Å²) in [6.45, 7) is 4.04. The van der Waals surface area contributed by atoms with E-state index in [4.69, 9.17) is 0 Å². The first-order valence-electron chi connectivity index (χ1n) is 9.55. The minimum absolute atomic E-state index is 0.0353. The van der Waals surface area contributed by atoms with E-state index in [-0.39, 0.29) is 11.8 Å². The first kappa shape index (κ1) is 17.7. The molecule has 2 aromatic rings. The van der Waals surface area contributed by atoms with E-state index in [9.17, 15) is 9.59 Å². The smallest absolute Gasteiger partial charge is 0.249 e. The van der Waals surface area contributed by atoms with Crippen LogP contribution < -0.4 is 15.5 Å². The Morgan fingerprint density at radius 2 is 1.85 bits per heavy atom. The Morgan fingerprint density at radius 3 is 2.63 bits per heavy atom. The van der Waals surface area contributed by atoms with Crippen LogP contribution in [0.2, 0.25) is 0 Å². The van der Waals surface area contributed by atoms with Gasteiger partial charge in [0.25, 0.3) is 0 Å². The fourth-order valence-corrected chi connectivity index (χ4v) is 4.36. The van der Waals surface area contributed by atoms with Crippen LogP contribution in [-0.4, -0.2) is 37.5 Å². The van der Waals surface area contributed by atoms with Gasteiger partial charge in [0, 0.05) is 44.6 Å². The van der Waals surface area contributed by atoms with Crippen molar-refractivity contribution in [1.82, 2.24) is 10.6 Å². The van der Waals surface area contributed by atoms with Crippen molar-refractivity contribution in [2.75, 3.05) is 24.5 Å². The van der Waals surface area contributed by atoms with Crippen LogP contribution >= 0.6 is 0 Å². The number of carbonyl (C=O) groups is 2. The highest BCUT2D eigenvalue weighted by Crippen LogP contribution is 2.40. The molecule has 5 nitrogen and oxygen atoms in total. The highest BCUT2D eigenvalue weighted by molar-refractivity contribution is 6.00. The number of para-hydroxylation sites is 1. The molecular formula is C22H25N3O2. The van der Waals surface area contributed by atoms with E-state index in [1.807, 2.05) is 53.4 Å². The predicted octanol–water partition coefficient (Wildman–Crippen LogP) is 2.08. The van der Waals surface area contributed by atoms with E-state index in [2.05, 4.69) is 16.7 Å². The van der Waals surface area contributed by atoms with Gasteiger partial charge in [-0.25, -0.2) is 0 Å². The van der Waals surface area contributed by atoms with Gasteiger partial charge in [0.2, 0.25) is 11.8 Å². The topological polar surface area (TPSA) is 61.4 Å². The van der Waals surface area contributed by atoms with E-state index >= 15 is 0 Å². The number of anilines is 1. The maximum absolute atomic E-state index is 13.5. The number of nitrogens with zero attached hydrogens (tertiary/aromatic N) is 1.